The molecule has 0 aromatic heterocycles. The van der Waals surface area contributed by atoms with Gasteiger partial charge in [-0.1, -0.05) is 92.6 Å². The third-order valence-corrected chi connectivity index (χ3v) is 10.6. The highest BCUT2D eigenvalue weighted by atomic mass is 16.5. The number of hydrogen-bond acceptors (Lipinski definition) is 11. The molecule has 3 amide bonds. The van der Waals surface area contributed by atoms with Crippen LogP contribution in [0.5, 0.6) is 17.2 Å². The second-order valence-corrected chi connectivity index (χ2v) is 16.5. The quantitative estimate of drug-likeness (QED) is 0.0197. The largest absolute Gasteiger partial charge is 0.490 e. The van der Waals surface area contributed by atoms with E-state index in [9.17, 15) is 33.6 Å². The first-order valence-electron chi connectivity index (χ1n) is 22.7. The molecular weight excluding hydrogens is 903 g/mol. The standard InChI is InChI=1S/C57H57N3O11/c1-7-28-68-46-25-14-38(15-26-46)31-37(6)55(65)59-45-23-20-42(21-24-45)56(66)60-48(35-52(58)64)51(63)33-40-10-16-41(17-11-40)49(61)34-44-22-27-47(54(69-29-8-2)53(44)71-36(4)5)50(62)32-39-12-18-43(19-13-39)57(67)70-30-9-3/h7-27,31,36,48H,1-3,28-30,32-35H2,4-6H3,(H2,58,64)(H,59,65)(H,60,66)/b37-31+/t48-/m0/s1. The van der Waals surface area contributed by atoms with E-state index < -0.39 is 36.0 Å². The summed E-state index contributed by atoms with van der Waals surface area (Å²) >= 11 is 0. The molecule has 5 rings (SSSR count). The summed E-state index contributed by atoms with van der Waals surface area (Å²) in [6, 6.07) is 28.1. The van der Waals surface area contributed by atoms with Crippen LogP contribution >= 0.6 is 0 Å². The first-order valence-corrected chi connectivity index (χ1v) is 22.7. The molecule has 0 bridgehead atoms. The van der Waals surface area contributed by atoms with Crippen molar-refractivity contribution in [1.29, 1.82) is 0 Å². The van der Waals surface area contributed by atoms with Crippen molar-refractivity contribution in [1.82, 2.24) is 5.32 Å². The highest BCUT2D eigenvalue weighted by Gasteiger charge is 2.26. The van der Waals surface area contributed by atoms with Crippen molar-refractivity contribution in [3.8, 4) is 17.2 Å². The maximum Gasteiger partial charge on any atom is 0.338 e. The van der Waals surface area contributed by atoms with E-state index in [1.165, 1.54) is 24.3 Å². The first-order chi connectivity index (χ1) is 34.1. The Bertz CT molecular complexity index is 2790. The molecule has 0 spiro atoms. The van der Waals surface area contributed by atoms with E-state index in [4.69, 9.17) is 24.7 Å². The van der Waals surface area contributed by atoms with Gasteiger partial charge < -0.3 is 35.3 Å². The zero-order chi connectivity index (χ0) is 51.5. The van der Waals surface area contributed by atoms with Gasteiger partial charge in [-0.2, -0.15) is 0 Å². The predicted molar refractivity (Wildman–Crippen MR) is 272 cm³/mol. The SMILES string of the molecule is C=CCOC(=O)c1ccc(CC(=O)c2ccc(CC(=O)c3ccc(CC(=O)[C@H](CC(N)=O)NC(=O)c4ccc(NC(=O)/C(C)=C/c5ccc(OCC=C)cc5)cc4)cc3)c(OC(C)C)c2OCC=C)cc1. The maximum absolute atomic E-state index is 13.8. The normalized spacial score (nSPS) is 11.4. The molecule has 5 aromatic carbocycles. The van der Waals surface area contributed by atoms with E-state index in [1.807, 2.05) is 26.0 Å². The van der Waals surface area contributed by atoms with Crippen LogP contribution in [0.3, 0.4) is 0 Å². The molecular formula is C57H57N3O11. The number of benzene rings is 5. The van der Waals surface area contributed by atoms with Crippen molar-refractivity contribution in [2.75, 3.05) is 25.1 Å². The number of ketones is 3. The number of Topliss-reactive ketones (excluding diaryl/α,β-unsaturated/α-hetero) is 3. The molecule has 0 unspecified atom stereocenters. The second kappa shape index (κ2) is 26.2. The van der Waals surface area contributed by atoms with Gasteiger partial charge in [0.25, 0.3) is 11.8 Å². The summed E-state index contributed by atoms with van der Waals surface area (Å²) in [5.74, 6) is -2.27. The molecule has 5 aromatic rings. The lowest BCUT2D eigenvalue weighted by Gasteiger charge is -2.20. The molecule has 0 aliphatic heterocycles. The average molecular weight is 960 g/mol. The van der Waals surface area contributed by atoms with Crippen molar-refractivity contribution in [2.45, 2.75) is 58.6 Å². The smallest absolute Gasteiger partial charge is 0.338 e. The van der Waals surface area contributed by atoms with Crippen LogP contribution in [0.25, 0.3) is 6.08 Å². The molecule has 0 aliphatic carbocycles. The number of anilines is 1. The van der Waals surface area contributed by atoms with Crippen LogP contribution in [-0.2, 0) is 38.4 Å². The molecule has 0 heterocycles. The molecule has 1 atom stereocenters. The summed E-state index contributed by atoms with van der Waals surface area (Å²) in [6.07, 6.45) is 5.24. The van der Waals surface area contributed by atoms with Crippen molar-refractivity contribution in [3.63, 3.8) is 0 Å². The fraction of sp³-hybridized carbons (Fsp3) is 0.211. The Morgan fingerprint density at radius 3 is 1.83 bits per heavy atom. The minimum Gasteiger partial charge on any atom is -0.490 e. The zero-order valence-electron chi connectivity index (χ0n) is 40.0. The highest BCUT2D eigenvalue weighted by Crippen LogP contribution is 2.38. The van der Waals surface area contributed by atoms with Gasteiger partial charge in [-0.15, -0.1) is 0 Å². The van der Waals surface area contributed by atoms with Crippen LogP contribution in [0, 0.1) is 0 Å². The Labute approximate surface area is 413 Å². The molecule has 0 saturated heterocycles. The average Bonchev–Trinajstić information content (AvgIpc) is 3.35. The number of rotatable bonds is 27. The van der Waals surface area contributed by atoms with Crippen molar-refractivity contribution in [2.24, 2.45) is 5.73 Å². The Morgan fingerprint density at radius 1 is 0.634 bits per heavy atom. The maximum atomic E-state index is 13.8. The predicted octanol–water partition coefficient (Wildman–Crippen LogP) is 8.62. The van der Waals surface area contributed by atoms with Gasteiger partial charge in [0.2, 0.25) is 5.91 Å². The third kappa shape index (κ3) is 16.0. The molecule has 0 radical (unpaired) electrons. The van der Waals surface area contributed by atoms with Gasteiger partial charge in [0.15, 0.2) is 28.8 Å². The molecule has 71 heavy (non-hydrogen) atoms. The number of carbonyl (C=O) groups is 7. The van der Waals surface area contributed by atoms with Crippen LogP contribution < -0.4 is 30.6 Å². The summed E-state index contributed by atoms with van der Waals surface area (Å²) in [4.78, 5) is 91.6. The minimum atomic E-state index is -1.25. The molecule has 4 N–H and O–H groups in total. The van der Waals surface area contributed by atoms with E-state index in [2.05, 4.69) is 30.4 Å². The van der Waals surface area contributed by atoms with Crippen LogP contribution in [0.1, 0.15) is 90.9 Å². The van der Waals surface area contributed by atoms with Crippen LogP contribution in [-0.4, -0.2) is 73.0 Å². The number of ether oxygens (including phenoxy) is 4. The number of nitrogens with one attached hydrogen (secondary N) is 2. The molecule has 0 saturated carbocycles. The lowest BCUT2D eigenvalue weighted by Crippen LogP contribution is -2.44. The zero-order valence-corrected chi connectivity index (χ0v) is 40.0. The van der Waals surface area contributed by atoms with E-state index in [-0.39, 0.29) is 78.7 Å². The van der Waals surface area contributed by atoms with E-state index in [1.54, 1.807) is 104 Å². The van der Waals surface area contributed by atoms with Crippen molar-refractivity contribution >= 4 is 52.8 Å². The Hall–Kier alpha value is -8.65. The van der Waals surface area contributed by atoms with Crippen molar-refractivity contribution in [3.05, 3.63) is 197 Å². The molecule has 0 aliphatic rings. The van der Waals surface area contributed by atoms with Gasteiger partial charge in [-0.3, -0.25) is 28.8 Å². The van der Waals surface area contributed by atoms with Gasteiger partial charge >= 0.3 is 5.97 Å². The number of primary amides is 1. The minimum absolute atomic E-state index is 0.0169. The van der Waals surface area contributed by atoms with E-state index in [0.717, 1.165) is 5.56 Å². The Balaban J connectivity index is 1.22. The summed E-state index contributed by atoms with van der Waals surface area (Å²) in [5.41, 5.74) is 9.86. The van der Waals surface area contributed by atoms with E-state index in [0.29, 0.717) is 51.4 Å². The molecule has 14 heteroatoms. The summed E-state index contributed by atoms with van der Waals surface area (Å²) in [5, 5.41) is 5.40. The van der Waals surface area contributed by atoms with Crippen LogP contribution in [0.2, 0.25) is 0 Å². The molecule has 14 nitrogen and oxygen atoms in total. The first kappa shape index (κ1) is 53.3. The van der Waals surface area contributed by atoms with Gasteiger partial charge in [-0.05, 0) is 98.1 Å². The second-order valence-electron chi connectivity index (χ2n) is 16.5. The van der Waals surface area contributed by atoms with Gasteiger partial charge in [0, 0.05) is 47.2 Å². The lowest BCUT2D eigenvalue weighted by atomic mass is 9.95. The fourth-order valence-electron chi connectivity index (χ4n) is 7.03. The Kier molecular flexibility index (Phi) is 19.7. The summed E-state index contributed by atoms with van der Waals surface area (Å²) in [6.45, 7) is 16.7. The lowest BCUT2D eigenvalue weighted by molar-refractivity contribution is -0.125. The monoisotopic (exact) mass is 959 g/mol. The number of amides is 3. The number of nitrogens with two attached hydrogens (primary N) is 1. The fourth-order valence-corrected chi connectivity index (χ4v) is 7.03. The number of hydrogen-bond donors (Lipinski definition) is 3. The van der Waals surface area contributed by atoms with Crippen LogP contribution in [0.15, 0.2) is 153 Å². The van der Waals surface area contributed by atoms with Gasteiger partial charge in [-0.25, -0.2) is 4.79 Å². The van der Waals surface area contributed by atoms with Crippen LogP contribution in [0.4, 0.5) is 5.69 Å². The van der Waals surface area contributed by atoms with Gasteiger partial charge in [0.05, 0.1) is 29.7 Å². The summed E-state index contributed by atoms with van der Waals surface area (Å²) < 4.78 is 22.8. The van der Waals surface area contributed by atoms with E-state index >= 15 is 0 Å². The molecule has 366 valence electrons. The number of carbonyl (C=O) groups excluding carboxylic acids is 7. The highest BCUT2D eigenvalue weighted by molar-refractivity contribution is 6.07. The van der Waals surface area contributed by atoms with Gasteiger partial charge in [0.1, 0.15) is 25.6 Å². The summed E-state index contributed by atoms with van der Waals surface area (Å²) in [7, 11) is 0. The third-order valence-electron chi connectivity index (χ3n) is 10.6. The van der Waals surface area contributed by atoms with Crippen molar-refractivity contribution < 1.29 is 52.5 Å². The molecule has 0 fully saturated rings. The Morgan fingerprint density at radius 2 is 1.23 bits per heavy atom. The topological polar surface area (TPSA) is 206 Å². The number of esters is 1.